The minimum atomic E-state index is -1.00. The minimum absolute atomic E-state index is 0.319. The van der Waals surface area contributed by atoms with Crippen molar-refractivity contribution in [2.75, 3.05) is 6.54 Å². The molecule has 0 saturated heterocycles. The summed E-state index contributed by atoms with van der Waals surface area (Å²) >= 11 is 0. The second kappa shape index (κ2) is 8.41. The Morgan fingerprint density at radius 2 is 1.43 bits per heavy atom. The molecule has 0 aromatic heterocycles. The summed E-state index contributed by atoms with van der Waals surface area (Å²) in [6.07, 6.45) is -1.00. The smallest absolute Gasteiger partial charge is 0.230 e. The summed E-state index contributed by atoms with van der Waals surface area (Å²) in [7, 11) is 0. The van der Waals surface area contributed by atoms with E-state index in [9.17, 15) is 15.2 Å². The van der Waals surface area contributed by atoms with Gasteiger partial charge in [-0.1, -0.05) is 60.7 Å². The van der Waals surface area contributed by atoms with Gasteiger partial charge in [0, 0.05) is 24.1 Å². The van der Waals surface area contributed by atoms with E-state index in [0.717, 1.165) is 11.1 Å². The number of hydrogen-bond donors (Lipinski definition) is 1. The van der Waals surface area contributed by atoms with E-state index in [1.54, 1.807) is 0 Å². The summed E-state index contributed by atoms with van der Waals surface area (Å²) in [6.45, 7) is 2.65. The number of rotatable bonds is 8. The highest BCUT2D eigenvalue weighted by Gasteiger charge is 2.25. The Kier molecular flexibility index (Phi) is 6.26. The standard InChI is InChI=1S/C18H22N2O3/c1-15(18(21)14-20(22)23)19(12-16-8-4-2-5-9-16)13-17-10-6-3-7-11-17/h2-11,15,18,21H,12-14H2,1H3/t15-,18-/m0/s1. The Hall–Kier alpha value is -2.24. The largest absolute Gasteiger partial charge is 0.385 e. The highest BCUT2D eigenvalue weighted by Crippen LogP contribution is 2.15. The molecule has 1 N–H and O–H groups in total. The Labute approximate surface area is 136 Å². The molecule has 5 nitrogen and oxygen atoms in total. The molecule has 2 aromatic carbocycles. The van der Waals surface area contributed by atoms with Crippen molar-refractivity contribution in [2.45, 2.75) is 32.2 Å². The maximum absolute atomic E-state index is 10.7. The van der Waals surface area contributed by atoms with Crippen LogP contribution in [0.5, 0.6) is 0 Å². The van der Waals surface area contributed by atoms with Crippen molar-refractivity contribution < 1.29 is 10.0 Å². The molecule has 0 heterocycles. The number of aliphatic hydroxyl groups excluding tert-OH is 1. The van der Waals surface area contributed by atoms with E-state index in [0.29, 0.717) is 13.1 Å². The van der Waals surface area contributed by atoms with Crippen LogP contribution in [0.4, 0.5) is 0 Å². The van der Waals surface area contributed by atoms with Crippen LogP contribution in [0, 0.1) is 10.1 Å². The molecular weight excluding hydrogens is 292 g/mol. The van der Waals surface area contributed by atoms with E-state index in [4.69, 9.17) is 0 Å². The van der Waals surface area contributed by atoms with Crippen LogP contribution >= 0.6 is 0 Å². The van der Waals surface area contributed by atoms with Gasteiger partial charge in [-0.3, -0.25) is 15.0 Å². The zero-order valence-corrected chi connectivity index (χ0v) is 13.2. The lowest BCUT2D eigenvalue weighted by molar-refractivity contribution is -0.491. The number of nitrogens with zero attached hydrogens (tertiary/aromatic N) is 2. The zero-order valence-electron chi connectivity index (χ0n) is 13.2. The van der Waals surface area contributed by atoms with Crippen molar-refractivity contribution in [1.29, 1.82) is 0 Å². The lowest BCUT2D eigenvalue weighted by atomic mass is 10.1. The zero-order chi connectivity index (χ0) is 16.7. The van der Waals surface area contributed by atoms with E-state index in [1.165, 1.54) is 0 Å². The molecule has 5 heteroatoms. The monoisotopic (exact) mass is 314 g/mol. The second-order valence-electron chi connectivity index (χ2n) is 5.70. The van der Waals surface area contributed by atoms with Gasteiger partial charge in [0.2, 0.25) is 6.54 Å². The second-order valence-corrected chi connectivity index (χ2v) is 5.70. The Balaban J connectivity index is 2.14. The molecule has 0 unspecified atom stereocenters. The molecule has 122 valence electrons. The summed E-state index contributed by atoms with van der Waals surface area (Å²) in [4.78, 5) is 12.3. The van der Waals surface area contributed by atoms with Crippen LogP contribution < -0.4 is 0 Å². The molecule has 0 aliphatic rings. The van der Waals surface area contributed by atoms with Gasteiger partial charge in [0.05, 0.1) is 0 Å². The molecule has 23 heavy (non-hydrogen) atoms. The number of hydrogen-bond acceptors (Lipinski definition) is 4. The number of benzene rings is 2. The fourth-order valence-corrected chi connectivity index (χ4v) is 2.53. The fourth-order valence-electron chi connectivity index (χ4n) is 2.53. The predicted octanol–water partition coefficient (Wildman–Crippen LogP) is 2.71. The van der Waals surface area contributed by atoms with Gasteiger partial charge in [-0.15, -0.1) is 0 Å². The van der Waals surface area contributed by atoms with Crippen molar-refractivity contribution in [1.82, 2.24) is 4.90 Å². The van der Waals surface area contributed by atoms with E-state index >= 15 is 0 Å². The summed E-state index contributed by atoms with van der Waals surface area (Å²) < 4.78 is 0. The van der Waals surface area contributed by atoms with Gasteiger partial charge in [-0.2, -0.15) is 0 Å². The van der Waals surface area contributed by atoms with Crippen LogP contribution in [0.25, 0.3) is 0 Å². The molecular formula is C18H22N2O3. The normalized spacial score (nSPS) is 13.7. The van der Waals surface area contributed by atoms with Crippen LogP contribution in [0.1, 0.15) is 18.1 Å². The maximum Gasteiger partial charge on any atom is 0.230 e. The first kappa shape index (κ1) is 17.1. The molecule has 0 aliphatic carbocycles. The van der Waals surface area contributed by atoms with Gasteiger partial charge >= 0.3 is 0 Å². The van der Waals surface area contributed by atoms with Gasteiger partial charge in [0.25, 0.3) is 0 Å². The first-order chi connectivity index (χ1) is 11.1. The van der Waals surface area contributed by atoms with Crippen LogP contribution in [0.15, 0.2) is 60.7 Å². The van der Waals surface area contributed by atoms with Crippen LogP contribution in [-0.2, 0) is 13.1 Å². The quantitative estimate of drug-likeness (QED) is 0.601. The minimum Gasteiger partial charge on any atom is -0.385 e. The third kappa shape index (κ3) is 5.47. The van der Waals surface area contributed by atoms with Crippen LogP contribution in [0.3, 0.4) is 0 Å². The lowest BCUT2D eigenvalue weighted by Gasteiger charge is -2.31. The number of nitro groups is 1. The van der Waals surface area contributed by atoms with E-state index in [1.807, 2.05) is 67.6 Å². The topological polar surface area (TPSA) is 66.6 Å². The van der Waals surface area contributed by atoms with E-state index in [2.05, 4.69) is 4.90 Å². The third-order valence-electron chi connectivity index (χ3n) is 3.93. The van der Waals surface area contributed by atoms with Gasteiger partial charge < -0.3 is 5.11 Å². The van der Waals surface area contributed by atoms with E-state index < -0.39 is 17.6 Å². The Morgan fingerprint density at radius 1 is 1.00 bits per heavy atom. The Morgan fingerprint density at radius 3 is 1.83 bits per heavy atom. The summed E-state index contributed by atoms with van der Waals surface area (Å²) in [5.41, 5.74) is 2.23. The molecule has 2 rings (SSSR count). The highest BCUT2D eigenvalue weighted by atomic mass is 16.6. The fraction of sp³-hybridized carbons (Fsp3) is 0.333. The first-order valence-corrected chi connectivity index (χ1v) is 7.68. The highest BCUT2D eigenvalue weighted by molar-refractivity contribution is 5.17. The van der Waals surface area contributed by atoms with Gasteiger partial charge in [-0.25, -0.2) is 0 Å². The summed E-state index contributed by atoms with van der Waals surface area (Å²) in [5, 5.41) is 20.8. The maximum atomic E-state index is 10.7. The average molecular weight is 314 g/mol. The molecule has 0 saturated carbocycles. The molecule has 2 aromatic rings. The Bertz CT molecular complexity index is 563. The van der Waals surface area contributed by atoms with Gasteiger partial charge in [0.1, 0.15) is 6.10 Å². The molecule has 0 fully saturated rings. The molecule has 2 atom stereocenters. The van der Waals surface area contributed by atoms with Crippen molar-refractivity contribution >= 4 is 0 Å². The average Bonchev–Trinajstić information content (AvgIpc) is 2.55. The van der Waals surface area contributed by atoms with Crippen molar-refractivity contribution in [3.05, 3.63) is 81.9 Å². The van der Waals surface area contributed by atoms with Gasteiger partial charge in [0.15, 0.2) is 0 Å². The van der Waals surface area contributed by atoms with Crippen molar-refractivity contribution in [3.63, 3.8) is 0 Å². The van der Waals surface area contributed by atoms with Crippen molar-refractivity contribution in [3.8, 4) is 0 Å². The molecule has 0 spiro atoms. The number of aliphatic hydroxyl groups is 1. The summed E-state index contributed by atoms with van der Waals surface area (Å²) in [5.74, 6) is 0. The van der Waals surface area contributed by atoms with Crippen LogP contribution in [0.2, 0.25) is 0 Å². The lowest BCUT2D eigenvalue weighted by Crippen LogP contribution is -2.43. The van der Waals surface area contributed by atoms with Crippen LogP contribution in [-0.4, -0.2) is 33.6 Å². The third-order valence-corrected chi connectivity index (χ3v) is 3.93. The van der Waals surface area contributed by atoms with E-state index in [-0.39, 0.29) is 6.04 Å². The SMILES string of the molecule is C[C@@H]([C@@H](O)C[N+](=O)[O-])N(Cc1ccccc1)Cc1ccccc1. The molecule has 0 amide bonds. The first-order valence-electron chi connectivity index (χ1n) is 7.68. The van der Waals surface area contributed by atoms with Gasteiger partial charge in [-0.05, 0) is 18.1 Å². The molecule has 0 bridgehead atoms. The molecule has 0 aliphatic heterocycles. The van der Waals surface area contributed by atoms with Crippen molar-refractivity contribution in [2.24, 2.45) is 0 Å². The predicted molar refractivity (Wildman–Crippen MR) is 89.5 cm³/mol. The summed E-state index contributed by atoms with van der Waals surface area (Å²) in [6, 6.07) is 19.5. The molecule has 0 radical (unpaired) electrons.